The molecule has 2 N–H and O–H groups in total. The lowest BCUT2D eigenvalue weighted by atomic mass is 9.99. The number of carbonyl (C=O) groups is 1. The molecule has 0 bridgehead atoms. The molecule has 1 amide bonds. The van der Waals surface area contributed by atoms with Crippen LogP contribution in [0.15, 0.2) is 0 Å². The summed E-state index contributed by atoms with van der Waals surface area (Å²) in [5.74, 6) is 0.647. The van der Waals surface area contributed by atoms with Crippen molar-refractivity contribution in [3.8, 4) is 0 Å². The second kappa shape index (κ2) is 6.78. The number of hydrogen-bond acceptors (Lipinski definition) is 2. The highest BCUT2D eigenvalue weighted by atomic mass is 19.4. The first-order valence-electron chi connectivity index (χ1n) is 7.54. The summed E-state index contributed by atoms with van der Waals surface area (Å²) in [6.45, 7) is 0.208. The van der Waals surface area contributed by atoms with Crippen LogP contribution in [0.2, 0.25) is 0 Å². The van der Waals surface area contributed by atoms with E-state index in [1.807, 2.05) is 0 Å². The molecule has 1 saturated carbocycles. The molecular weight excluding hydrogens is 269 g/mol. The minimum atomic E-state index is -4.18. The maximum atomic E-state index is 12.5. The fourth-order valence-corrected chi connectivity index (χ4v) is 3.19. The van der Waals surface area contributed by atoms with E-state index in [9.17, 15) is 18.0 Å². The van der Waals surface area contributed by atoms with E-state index in [4.69, 9.17) is 0 Å². The third-order valence-electron chi connectivity index (χ3n) is 4.43. The van der Waals surface area contributed by atoms with Crippen molar-refractivity contribution in [2.75, 3.05) is 6.54 Å². The maximum Gasteiger partial charge on any atom is 0.403 e. The fourth-order valence-electron chi connectivity index (χ4n) is 3.19. The summed E-state index contributed by atoms with van der Waals surface area (Å²) in [4.78, 5) is 11.8. The van der Waals surface area contributed by atoms with Gasteiger partial charge in [0.1, 0.15) is 6.04 Å². The first-order valence-corrected chi connectivity index (χ1v) is 7.54. The number of piperidine rings is 1. The zero-order chi connectivity index (χ0) is 14.6. The van der Waals surface area contributed by atoms with Crippen LogP contribution in [0.5, 0.6) is 0 Å². The fraction of sp³-hybridized carbons (Fsp3) is 0.929. The Hall–Kier alpha value is -0.780. The van der Waals surface area contributed by atoms with Crippen LogP contribution in [0, 0.1) is 5.92 Å². The van der Waals surface area contributed by atoms with Gasteiger partial charge in [-0.1, -0.05) is 25.7 Å². The zero-order valence-corrected chi connectivity index (χ0v) is 11.6. The lowest BCUT2D eigenvalue weighted by Gasteiger charge is -2.31. The molecule has 3 nitrogen and oxygen atoms in total. The zero-order valence-electron chi connectivity index (χ0n) is 11.6. The molecule has 20 heavy (non-hydrogen) atoms. The first-order chi connectivity index (χ1) is 9.45. The number of alkyl halides is 3. The molecular formula is C14H23F3N2O. The molecule has 2 fully saturated rings. The van der Waals surface area contributed by atoms with E-state index in [0.29, 0.717) is 18.8 Å². The number of carbonyl (C=O) groups excluding carboxylic acids is 1. The first kappa shape index (κ1) is 15.6. The summed E-state index contributed by atoms with van der Waals surface area (Å²) in [5, 5.41) is 5.32. The van der Waals surface area contributed by atoms with Crippen molar-refractivity contribution in [1.82, 2.24) is 10.6 Å². The number of rotatable bonds is 4. The van der Waals surface area contributed by atoms with Crippen LogP contribution in [-0.4, -0.2) is 30.7 Å². The Morgan fingerprint density at radius 1 is 1.15 bits per heavy atom. The standard InChI is InChI=1S/C14H23F3N2O/c15-14(16,17)12-7-6-11(9-18-12)19-13(20)8-5-10-3-1-2-4-10/h10-12,18H,1-9H2,(H,19,20). The van der Waals surface area contributed by atoms with Gasteiger partial charge in [-0.2, -0.15) is 13.2 Å². The van der Waals surface area contributed by atoms with E-state index in [1.54, 1.807) is 0 Å². The molecule has 1 aliphatic heterocycles. The SMILES string of the molecule is O=C(CCC1CCCC1)NC1CCC(C(F)(F)F)NC1. The van der Waals surface area contributed by atoms with Crippen LogP contribution in [-0.2, 0) is 4.79 Å². The summed E-state index contributed by atoms with van der Waals surface area (Å²) in [7, 11) is 0. The highest BCUT2D eigenvalue weighted by molar-refractivity contribution is 5.76. The van der Waals surface area contributed by atoms with Crippen LogP contribution in [0.25, 0.3) is 0 Å². The minimum Gasteiger partial charge on any atom is -0.352 e. The molecule has 1 heterocycles. The molecule has 0 spiro atoms. The Morgan fingerprint density at radius 2 is 1.85 bits per heavy atom. The van der Waals surface area contributed by atoms with Crippen molar-refractivity contribution in [3.05, 3.63) is 0 Å². The predicted molar refractivity (Wildman–Crippen MR) is 70.2 cm³/mol. The summed E-state index contributed by atoms with van der Waals surface area (Å²) in [6.07, 6.45) is 2.62. The second-order valence-corrected chi connectivity index (χ2v) is 6.03. The van der Waals surface area contributed by atoms with Gasteiger partial charge in [-0.3, -0.25) is 4.79 Å². The van der Waals surface area contributed by atoms with Gasteiger partial charge in [0, 0.05) is 19.0 Å². The molecule has 0 radical (unpaired) electrons. The van der Waals surface area contributed by atoms with Crippen molar-refractivity contribution in [1.29, 1.82) is 0 Å². The molecule has 0 aromatic carbocycles. The van der Waals surface area contributed by atoms with Gasteiger partial charge in [-0.05, 0) is 25.2 Å². The van der Waals surface area contributed by atoms with Crippen LogP contribution in [0.3, 0.4) is 0 Å². The van der Waals surface area contributed by atoms with Crippen LogP contribution >= 0.6 is 0 Å². The van der Waals surface area contributed by atoms with Crippen molar-refractivity contribution >= 4 is 5.91 Å². The summed E-state index contributed by atoms with van der Waals surface area (Å²) in [5.41, 5.74) is 0. The Kier molecular flexibility index (Phi) is 5.29. The molecule has 0 aromatic rings. The van der Waals surface area contributed by atoms with Gasteiger partial charge in [0.25, 0.3) is 0 Å². The Bertz CT molecular complexity index is 319. The molecule has 1 aliphatic carbocycles. The average Bonchev–Trinajstić information content (AvgIpc) is 2.89. The van der Waals surface area contributed by atoms with Crippen molar-refractivity contribution in [2.24, 2.45) is 5.92 Å². The molecule has 116 valence electrons. The molecule has 2 aliphatic rings. The van der Waals surface area contributed by atoms with E-state index < -0.39 is 12.2 Å². The van der Waals surface area contributed by atoms with Gasteiger partial charge in [0.05, 0.1) is 0 Å². The topological polar surface area (TPSA) is 41.1 Å². The monoisotopic (exact) mass is 292 g/mol. The average molecular weight is 292 g/mol. The largest absolute Gasteiger partial charge is 0.403 e. The number of nitrogens with one attached hydrogen (secondary N) is 2. The van der Waals surface area contributed by atoms with Crippen molar-refractivity contribution in [2.45, 2.75) is 69.6 Å². The highest BCUT2D eigenvalue weighted by Crippen LogP contribution is 2.29. The predicted octanol–water partition coefficient (Wildman–Crippen LogP) is 2.76. The van der Waals surface area contributed by atoms with Crippen LogP contribution in [0.1, 0.15) is 51.4 Å². The van der Waals surface area contributed by atoms with E-state index >= 15 is 0 Å². The van der Waals surface area contributed by atoms with Gasteiger partial charge >= 0.3 is 6.18 Å². The van der Waals surface area contributed by atoms with Crippen LogP contribution < -0.4 is 10.6 Å². The number of hydrogen-bond donors (Lipinski definition) is 2. The van der Waals surface area contributed by atoms with E-state index in [2.05, 4.69) is 10.6 Å². The van der Waals surface area contributed by atoms with Gasteiger partial charge < -0.3 is 10.6 Å². The Balaban J connectivity index is 1.63. The molecule has 0 aromatic heterocycles. The van der Waals surface area contributed by atoms with Crippen LogP contribution in [0.4, 0.5) is 13.2 Å². The minimum absolute atomic E-state index is 0.0193. The van der Waals surface area contributed by atoms with Crippen molar-refractivity contribution < 1.29 is 18.0 Å². The molecule has 1 saturated heterocycles. The van der Waals surface area contributed by atoms with Crippen molar-refractivity contribution in [3.63, 3.8) is 0 Å². The van der Waals surface area contributed by atoms with Gasteiger partial charge in [0.15, 0.2) is 0 Å². The molecule has 2 rings (SSSR count). The summed E-state index contributed by atoms with van der Waals surface area (Å²) in [6, 6.07) is -1.58. The van der Waals surface area contributed by atoms with E-state index in [1.165, 1.54) is 25.7 Å². The second-order valence-electron chi connectivity index (χ2n) is 6.03. The van der Waals surface area contributed by atoms with Gasteiger partial charge in [0.2, 0.25) is 5.91 Å². The Labute approximate surface area is 117 Å². The lowest BCUT2D eigenvalue weighted by Crippen LogP contribution is -2.54. The van der Waals surface area contributed by atoms with Gasteiger partial charge in [-0.25, -0.2) is 0 Å². The molecule has 6 heteroatoms. The maximum absolute atomic E-state index is 12.5. The lowest BCUT2D eigenvalue weighted by molar-refractivity contribution is -0.161. The summed E-state index contributed by atoms with van der Waals surface area (Å²) < 4.78 is 37.4. The highest BCUT2D eigenvalue weighted by Gasteiger charge is 2.41. The number of amides is 1. The third-order valence-corrected chi connectivity index (χ3v) is 4.43. The van der Waals surface area contributed by atoms with Gasteiger partial charge in [-0.15, -0.1) is 0 Å². The Morgan fingerprint density at radius 3 is 2.40 bits per heavy atom. The third kappa shape index (κ3) is 4.65. The smallest absolute Gasteiger partial charge is 0.352 e. The number of halogens is 3. The quantitative estimate of drug-likeness (QED) is 0.836. The normalized spacial score (nSPS) is 28.6. The van der Waals surface area contributed by atoms with E-state index in [-0.39, 0.29) is 24.9 Å². The van der Waals surface area contributed by atoms with E-state index in [0.717, 1.165) is 6.42 Å². The summed E-state index contributed by atoms with van der Waals surface area (Å²) >= 11 is 0. The molecule has 2 atom stereocenters. The molecule has 2 unspecified atom stereocenters.